The van der Waals surface area contributed by atoms with E-state index in [1.54, 1.807) is 5.32 Å². The van der Waals surface area contributed by atoms with E-state index in [1.165, 1.54) is 0 Å². The maximum Gasteiger partial charge on any atom is 0.417 e. The Bertz CT molecular complexity index is 1360. The number of alkyl halides is 8. The fourth-order valence-corrected chi connectivity index (χ4v) is 4.44. The molecule has 0 aromatic heterocycles. The first-order chi connectivity index (χ1) is 18.6. The van der Waals surface area contributed by atoms with Crippen LogP contribution in [0.2, 0.25) is 15.1 Å². The van der Waals surface area contributed by atoms with Crippen LogP contribution in [0.25, 0.3) is 5.83 Å². The van der Waals surface area contributed by atoms with E-state index in [1.807, 2.05) is 5.32 Å². The van der Waals surface area contributed by atoms with Crippen molar-refractivity contribution in [2.45, 2.75) is 49.5 Å². The first-order valence-electron chi connectivity index (χ1n) is 11.4. The molecular weight excluding hydrogens is 638 g/mol. The molecule has 2 aromatic rings. The molecule has 0 heterocycles. The van der Waals surface area contributed by atoms with E-state index < -0.39 is 70.6 Å². The maximum atomic E-state index is 15.2. The lowest BCUT2D eigenvalue weighted by molar-refractivity contribution is -0.140. The van der Waals surface area contributed by atoms with Gasteiger partial charge in [-0.05, 0) is 48.7 Å². The Morgan fingerprint density at radius 3 is 2.00 bits per heavy atom. The van der Waals surface area contributed by atoms with E-state index in [2.05, 4.69) is 0 Å². The van der Waals surface area contributed by atoms with E-state index in [0.717, 1.165) is 12.1 Å². The summed E-state index contributed by atoms with van der Waals surface area (Å²) in [5, 5.41) is 2.95. The molecule has 0 aliphatic heterocycles. The van der Waals surface area contributed by atoms with Crippen LogP contribution in [0.4, 0.5) is 39.5 Å². The lowest BCUT2D eigenvalue weighted by atomic mass is 9.91. The Balaban J connectivity index is 1.96. The molecule has 1 aliphatic carbocycles. The molecule has 2 aromatic carbocycles. The summed E-state index contributed by atoms with van der Waals surface area (Å²) in [4.78, 5) is 24.8. The van der Waals surface area contributed by atoms with Gasteiger partial charge in [0.25, 0.3) is 11.8 Å². The molecule has 0 saturated heterocycles. The molecule has 1 unspecified atom stereocenters. The summed E-state index contributed by atoms with van der Waals surface area (Å²) in [5.41, 5.74) is -5.72. The molecular formula is C25H18Cl3F9N2O2. The average molecular weight is 656 g/mol. The van der Waals surface area contributed by atoms with Gasteiger partial charge in [-0.25, -0.2) is 13.2 Å². The van der Waals surface area contributed by atoms with Gasteiger partial charge in [0, 0.05) is 12.5 Å². The molecule has 0 spiro atoms. The number of nitrogens with one attached hydrogen (secondary N) is 2. The minimum Gasteiger partial charge on any atom is -0.345 e. The predicted octanol–water partition coefficient (Wildman–Crippen LogP) is 8.36. The van der Waals surface area contributed by atoms with Crippen LogP contribution >= 0.6 is 34.8 Å². The molecule has 3 rings (SSSR count). The van der Waals surface area contributed by atoms with Crippen LogP contribution in [-0.2, 0) is 11.0 Å². The van der Waals surface area contributed by atoms with Gasteiger partial charge in [-0.2, -0.15) is 26.3 Å². The van der Waals surface area contributed by atoms with Gasteiger partial charge in [0.05, 0.1) is 32.1 Å². The molecule has 0 radical (unpaired) electrons. The third kappa shape index (κ3) is 8.01. The number of halogens is 12. The van der Waals surface area contributed by atoms with Gasteiger partial charge in [-0.15, -0.1) is 0 Å². The highest BCUT2D eigenvalue weighted by Gasteiger charge is 2.52. The fraction of sp³-hybridized carbons (Fsp3) is 0.360. The number of carbonyl (C=O) groups excluding carboxylic acids is 2. The second-order valence-electron chi connectivity index (χ2n) is 9.34. The molecule has 1 fully saturated rings. The normalized spacial score (nSPS) is 16.3. The number of benzene rings is 2. The molecule has 0 bridgehead atoms. The standard InChI is InChI=1S/C25H18Cl3F9N2O2/c1-22(30,31)14(12-7-16(26)19(28)17(27)8-12)9-18(29)11-2-3-13(15(6-11)25(35,36)37)20(40)39-23(4-5-23)21(41)38-10-24(32,33)34/h2-3,6-9,14H,4-5,10H2,1H3,(H,38,41)(H,39,40)/b18-9-. The zero-order valence-corrected chi connectivity index (χ0v) is 22.8. The van der Waals surface area contributed by atoms with Crippen molar-refractivity contribution in [2.24, 2.45) is 0 Å². The van der Waals surface area contributed by atoms with Crippen LogP contribution in [-0.4, -0.2) is 36.0 Å². The molecule has 224 valence electrons. The number of rotatable bonds is 8. The van der Waals surface area contributed by atoms with Crippen molar-refractivity contribution >= 4 is 52.4 Å². The van der Waals surface area contributed by atoms with Gasteiger partial charge >= 0.3 is 12.4 Å². The molecule has 16 heteroatoms. The molecule has 1 atom stereocenters. The zero-order chi connectivity index (χ0) is 31.1. The topological polar surface area (TPSA) is 58.2 Å². The summed E-state index contributed by atoms with van der Waals surface area (Å²) >= 11 is 17.6. The smallest absolute Gasteiger partial charge is 0.345 e. The Morgan fingerprint density at radius 2 is 1.54 bits per heavy atom. The highest BCUT2D eigenvalue weighted by Crippen LogP contribution is 2.42. The third-order valence-electron chi connectivity index (χ3n) is 6.06. The van der Waals surface area contributed by atoms with Gasteiger partial charge in [0.15, 0.2) is 0 Å². The number of hydrogen-bond donors (Lipinski definition) is 2. The Kier molecular flexibility index (Phi) is 9.27. The van der Waals surface area contributed by atoms with E-state index in [4.69, 9.17) is 34.8 Å². The first-order valence-corrected chi connectivity index (χ1v) is 12.6. The number of hydrogen-bond acceptors (Lipinski definition) is 2. The Labute approximate surface area is 241 Å². The monoisotopic (exact) mass is 654 g/mol. The van der Waals surface area contributed by atoms with E-state index >= 15 is 4.39 Å². The molecule has 1 saturated carbocycles. The minimum absolute atomic E-state index is 0.134. The van der Waals surface area contributed by atoms with E-state index in [9.17, 15) is 44.7 Å². The second-order valence-corrected chi connectivity index (χ2v) is 10.5. The van der Waals surface area contributed by atoms with Crippen molar-refractivity contribution in [2.75, 3.05) is 6.54 Å². The fourth-order valence-electron chi connectivity index (χ4n) is 3.83. The number of carbonyl (C=O) groups is 2. The number of amides is 2. The lowest BCUT2D eigenvalue weighted by Crippen LogP contribution is -2.51. The summed E-state index contributed by atoms with van der Waals surface area (Å²) in [5.74, 6) is -9.93. The summed E-state index contributed by atoms with van der Waals surface area (Å²) in [6.45, 7) is -1.28. The predicted molar refractivity (Wildman–Crippen MR) is 134 cm³/mol. The molecule has 41 heavy (non-hydrogen) atoms. The van der Waals surface area contributed by atoms with Crippen molar-refractivity contribution in [3.63, 3.8) is 0 Å². The van der Waals surface area contributed by atoms with Crippen LogP contribution < -0.4 is 10.6 Å². The van der Waals surface area contributed by atoms with E-state index in [0.29, 0.717) is 25.1 Å². The summed E-state index contributed by atoms with van der Waals surface area (Å²) < 4.78 is 123. The molecule has 2 amide bonds. The first kappa shape index (κ1) is 32.9. The van der Waals surface area contributed by atoms with E-state index in [-0.39, 0.29) is 39.5 Å². The van der Waals surface area contributed by atoms with Crippen LogP contribution in [0, 0.1) is 0 Å². The second kappa shape index (κ2) is 11.6. The maximum absolute atomic E-state index is 15.2. The quantitative estimate of drug-likeness (QED) is 0.222. The summed E-state index contributed by atoms with van der Waals surface area (Å²) in [6, 6.07) is 3.46. The van der Waals surface area contributed by atoms with Gasteiger partial charge in [0.2, 0.25) is 5.91 Å². The molecule has 1 aliphatic rings. The number of allylic oxidation sites excluding steroid dienone is 1. The molecule has 4 nitrogen and oxygen atoms in total. The highest BCUT2D eigenvalue weighted by atomic mass is 35.5. The van der Waals surface area contributed by atoms with Gasteiger partial charge < -0.3 is 10.6 Å². The summed E-state index contributed by atoms with van der Waals surface area (Å²) in [7, 11) is 0. The Hall–Kier alpha value is -2.64. The van der Waals surface area contributed by atoms with Crippen LogP contribution in [0.15, 0.2) is 36.4 Å². The van der Waals surface area contributed by atoms with Crippen LogP contribution in [0.1, 0.15) is 52.7 Å². The third-order valence-corrected chi connectivity index (χ3v) is 7.25. The zero-order valence-electron chi connectivity index (χ0n) is 20.5. The SMILES string of the molecule is CC(F)(F)C(/C=C(\F)c1ccc(C(=O)NC2(C(=O)NCC(F)(F)F)CC2)c(C(F)(F)F)c1)c1cc(Cl)c(Cl)c(Cl)c1. The Morgan fingerprint density at radius 1 is 0.976 bits per heavy atom. The van der Waals surface area contributed by atoms with Crippen molar-refractivity contribution in [1.29, 1.82) is 0 Å². The largest absolute Gasteiger partial charge is 0.417 e. The minimum atomic E-state index is -5.26. The van der Waals surface area contributed by atoms with Crippen LogP contribution in [0.5, 0.6) is 0 Å². The van der Waals surface area contributed by atoms with Crippen LogP contribution in [0.3, 0.4) is 0 Å². The highest BCUT2D eigenvalue weighted by molar-refractivity contribution is 6.48. The van der Waals surface area contributed by atoms with Crippen molar-refractivity contribution < 1.29 is 49.1 Å². The van der Waals surface area contributed by atoms with Gasteiger partial charge in [-0.1, -0.05) is 40.9 Å². The van der Waals surface area contributed by atoms with Crippen molar-refractivity contribution in [1.82, 2.24) is 10.6 Å². The van der Waals surface area contributed by atoms with Gasteiger partial charge in [-0.3, -0.25) is 9.59 Å². The van der Waals surface area contributed by atoms with Crippen molar-refractivity contribution in [3.05, 3.63) is 73.7 Å². The molecule has 2 N–H and O–H groups in total. The van der Waals surface area contributed by atoms with Gasteiger partial charge in [0.1, 0.15) is 17.9 Å². The van der Waals surface area contributed by atoms with Crippen molar-refractivity contribution in [3.8, 4) is 0 Å². The lowest BCUT2D eigenvalue weighted by Gasteiger charge is -2.22. The average Bonchev–Trinajstić information content (AvgIpc) is 3.62. The summed E-state index contributed by atoms with van der Waals surface area (Å²) in [6.07, 6.45) is -9.94.